The molecule has 1 fully saturated rings. The van der Waals surface area contributed by atoms with E-state index in [0.29, 0.717) is 35.4 Å². The molecule has 1 aromatic carbocycles. The summed E-state index contributed by atoms with van der Waals surface area (Å²) in [7, 11) is 0. The van der Waals surface area contributed by atoms with Crippen LogP contribution in [0.2, 0.25) is 0 Å². The number of anilines is 2. The number of nitrogen functional groups attached to an aromatic ring is 1. The van der Waals surface area contributed by atoms with Gasteiger partial charge in [-0.25, -0.2) is 41.3 Å². The van der Waals surface area contributed by atoms with Gasteiger partial charge in [-0.1, -0.05) is 0 Å². The SMILES string of the molecule is Nc1ncnc2c1ncn2Cc1cc(-c2ccc(F)c(F)c2C(F)F)ncc1N1CCC[C@](N)([C@@H](O)C(F)F)C1. The number of hydrogen-bond donors (Lipinski definition) is 3. The summed E-state index contributed by atoms with van der Waals surface area (Å²) in [5.41, 5.74) is 10.5. The van der Waals surface area contributed by atoms with Gasteiger partial charge in [0, 0.05) is 18.7 Å². The molecule has 3 aromatic heterocycles. The minimum Gasteiger partial charge on any atom is -0.385 e. The summed E-state index contributed by atoms with van der Waals surface area (Å²) in [6.07, 6.45) is -3.96. The fraction of sp³-hybridized carbons (Fsp3) is 0.360. The van der Waals surface area contributed by atoms with Gasteiger partial charge in [0.1, 0.15) is 17.9 Å². The number of hydrogen-bond acceptors (Lipinski definition) is 8. The highest BCUT2D eigenvalue weighted by Crippen LogP contribution is 2.37. The lowest BCUT2D eigenvalue weighted by atomic mass is 9.84. The molecule has 1 aliphatic rings. The first-order chi connectivity index (χ1) is 19.0. The third-order valence-electron chi connectivity index (χ3n) is 7.09. The van der Waals surface area contributed by atoms with Gasteiger partial charge in [-0.2, -0.15) is 0 Å². The summed E-state index contributed by atoms with van der Waals surface area (Å²) >= 11 is 0. The van der Waals surface area contributed by atoms with Crippen LogP contribution in [0, 0.1) is 11.6 Å². The fourth-order valence-electron chi connectivity index (χ4n) is 5.06. The summed E-state index contributed by atoms with van der Waals surface area (Å²) in [6.45, 7) is 0.243. The Labute approximate surface area is 223 Å². The lowest BCUT2D eigenvalue weighted by molar-refractivity contribution is -0.0529. The molecule has 1 aliphatic heterocycles. The number of piperidine rings is 1. The number of alkyl halides is 4. The van der Waals surface area contributed by atoms with Crippen molar-refractivity contribution in [3.63, 3.8) is 0 Å². The minimum absolute atomic E-state index is 0.0248. The van der Waals surface area contributed by atoms with Crippen LogP contribution in [0.25, 0.3) is 22.4 Å². The van der Waals surface area contributed by atoms with Gasteiger partial charge in [-0.3, -0.25) is 4.98 Å². The second-order valence-electron chi connectivity index (χ2n) is 9.66. The summed E-state index contributed by atoms with van der Waals surface area (Å²) in [5.74, 6) is -2.98. The van der Waals surface area contributed by atoms with E-state index in [2.05, 4.69) is 19.9 Å². The van der Waals surface area contributed by atoms with Crippen LogP contribution in [0.3, 0.4) is 0 Å². The summed E-state index contributed by atoms with van der Waals surface area (Å²) < 4.78 is 84.1. The van der Waals surface area contributed by atoms with Crippen LogP contribution in [0.4, 0.5) is 37.8 Å². The van der Waals surface area contributed by atoms with Crippen molar-refractivity contribution in [1.29, 1.82) is 0 Å². The predicted molar refractivity (Wildman–Crippen MR) is 134 cm³/mol. The lowest BCUT2D eigenvalue weighted by Gasteiger charge is -2.44. The maximum absolute atomic E-state index is 14.4. The average molecular weight is 567 g/mol. The van der Waals surface area contributed by atoms with Crippen LogP contribution in [0.15, 0.2) is 37.1 Å². The van der Waals surface area contributed by atoms with Crippen LogP contribution in [0.5, 0.6) is 0 Å². The second-order valence-corrected chi connectivity index (χ2v) is 9.66. The number of aromatic nitrogens is 5. The van der Waals surface area contributed by atoms with Gasteiger partial charge >= 0.3 is 0 Å². The number of halogens is 6. The maximum Gasteiger partial charge on any atom is 0.267 e. The molecule has 0 unspecified atom stereocenters. The molecule has 0 spiro atoms. The molecule has 15 heteroatoms. The molecule has 40 heavy (non-hydrogen) atoms. The number of aliphatic hydroxyl groups excluding tert-OH is 1. The molecule has 0 amide bonds. The molecule has 4 aromatic rings. The first-order valence-corrected chi connectivity index (χ1v) is 12.2. The lowest BCUT2D eigenvalue weighted by Crippen LogP contribution is -2.63. The molecule has 1 saturated heterocycles. The van der Waals surface area contributed by atoms with Gasteiger partial charge < -0.3 is 26.0 Å². The number of imidazole rings is 1. The summed E-state index contributed by atoms with van der Waals surface area (Å²) in [4.78, 5) is 18.2. The topological polar surface area (TPSA) is 132 Å². The van der Waals surface area contributed by atoms with E-state index in [4.69, 9.17) is 11.5 Å². The first kappa shape index (κ1) is 27.6. The predicted octanol–water partition coefficient (Wildman–Crippen LogP) is 3.66. The van der Waals surface area contributed by atoms with E-state index in [1.165, 1.54) is 24.9 Å². The van der Waals surface area contributed by atoms with Crippen molar-refractivity contribution in [2.45, 2.75) is 43.9 Å². The van der Waals surface area contributed by atoms with E-state index in [9.17, 15) is 31.4 Å². The van der Waals surface area contributed by atoms with Crippen LogP contribution in [-0.2, 0) is 6.54 Å². The number of benzene rings is 1. The van der Waals surface area contributed by atoms with Crippen molar-refractivity contribution in [2.24, 2.45) is 5.73 Å². The molecular weight excluding hydrogens is 542 g/mol. The van der Waals surface area contributed by atoms with Crippen LogP contribution in [-0.4, -0.2) is 60.8 Å². The zero-order chi connectivity index (χ0) is 28.8. The molecule has 5 rings (SSSR count). The Kier molecular flexibility index (Phi) is 7.27. The Morgan fingerprint density at radius 2 is 1.85 bits per heavy atom. The van der Waals surface area contributed by atoms with E-state index in [0.717, 1.165) is 12.1 Å². The Hall–Kier alpha value is -3.98. The van der Waals surface area contributed by atoms with Crippen molar-refractivity contribution >= 4 is 22.7 Å². The molecule has 212 valence electrons. The zero-order valence-corrected chi connectivity index (χ0v) is 20.8. The van der Waals surface area contributed by atoms with E-state index < -0.39 is 41.7 Å². The van der Waals surface area contributed by atoms with Gasteiger partial charge in [0.25, 0.3) is 12.9 Å². The average Bonchev–Trinajstić information content (AvgIpc) is 3.33. The molecule has 4 heterocycles. The van der Waals surface area contributed by atoms with Crippen LogP contribution in [0.1, 0.15) is 30.4 Å². The van der Waals surface area contributed by atoms with Crippen molar-refractivity contribution in [1.82, 2.24) is 24.5 Å². The zero-order valence-electron chi connectivity index (χ0n) is 20.8. The van der Waals surface area contributed by atoms with Crippen molar-refractivity contribution in [3.05, 3.63) is 59.8 Å². The molecule has 2 atom stereocenters. The van der Waals surface area contributed by atoms with Crippen molar-refractivity contribution in [3.8, 4) is 11.3 Å². The molecule has 0 saturated carbocycles. The highest BCUT2D eigenvalue weighted by molar-refractivity contribution is 5.81. The third-order valence-corrected chi connectivity index (χ3v) is 7.09. The highest BCUT2D eigenvalue weighted by atomic mass is 19.3. The van der Waals surface area contributed by atoms with Gasteiger partial charge in [-0.05, 0) is 36.6 Å². The third kappa shape index (κ3) is 4.90. The molecule has 0 bridgehead atoms. The number of rotatable bonds is 7. The largest absolute Gasteiger partial charge is 0.385 e. The van der Waals surface area contributed by atoms with Gasteiger partial charge in [-0.15, -0.1) is 0 Å². The summed E-state index contributed by atoms with van der Waals surface area (Å²) in [6, 6.07) is 3.16. The number of nitrogens with zero attached hydrogens (tertiary/aromatic N) is 6. The highest BCUT2D eigenvalue weighted by Gasteiger charge is 2.43. The van der Waals surface area contributed by atoms with Gasteiger partial charge in [0.2, 0.25) is 0 Å². The van der Waals surface area contributed by atoms with E-state index in [1.807, 2.05) is 0 Å². The quantitative estimate of drug-likeness (QED) is 0.289. The first-order valence-electron chi connectivity index (χ1n) is 12.2. The Morgan fingerprint density at radius 3 is 2.58 bits per heavy atom. The van der Waals surface area contributed by atoms with Crippen molar-refractivity contribution < 1.29 is 31.4 Å². The van der Waals surface area contributed by atoms with Crippen LogP contribution >= 0.6 is 0 Å². The van der Waals surface area contributed by atoms with Crippen LogP contribution < -0.4 is 16.4 Å². The monoisotopic (exact) mass is 566 g/mol. The number of aliphatic hydroxyl groups is 1. The molecule has 0 aliphatic carbocycles. The number of pyridine rings is 1. The summed E-state index contributed by atoms with van der Waals surface area (Å²) in [5, 5.41) is 10.1. The maximum atomic E-state index is 14.4. The van der Waals surface area contributed by atoms with Gasteiger partial charge in [0.05, 0.1) is 41.6 Å². The standard InChI is InChI=1S/C25H24F6N8O/c26-14-3-2-13(17(18(14)27)21(28)29)15-6-12(8-39-11-37-19-23(32)35-10-36-24(19)39)16(7-34-15)38-5-1-4-25(33,9-38)20(40)22(30)31/h2-3,6-7,10-11,20-22,40H,1,4-5,8-9,33H2,(H2,32,35,36)/t20-,25+/m0/s1. The normalized spacial score (nSPS) is 18.7. The Bertz CT molecular complexity index is 1550. The second kappa shape index (κ2) is 10.5. The number of nitrogens with two attached hydrogens (primary N) is 2. The molecular formula is C25H24F6N8O. The van der Waals surface area contributed by atoms with Crippen molar-refractivity contribution in [2.75, 3.05) is 23.7 Å². The molecule has 9 nitrogen and oxygen atoms in total. The van der Waals surface area contributed by atoms with E-state index >= 15 is 0 Å². The van der Waals surface area contributed by atoms with Gasteiger partial charge in [0.15, 0.2) is 23.1 Å². The molecule has 5 N–H and O–H groups in total. The number of fused-ring (bicyclic) bond motifs is 1. The minimum atomic E-state index is -3.33. The fourth-order valence-corrected chi connectivity index (χ4v) is 5.06. The Balaban J connectivity index is 1.63. The molecule has 0 radical (unpaired) electrons. The Morgan fingerprint density at radius 1 is 1.07 bits per heavy atom. The smallest absolute Gasteiger partial charge is 0.267 e. The van der Waals surface area contributed by atoms with E-state index in [1.54, 1.807) is 9.47 Å². The van der Waals surface area contributed by atoms with E-state index in [-0.39, 0.29) is 36.6 Å².